The number of benzene rings is 2. The molecule has 1 N–H and O–H groups in total. The zero-order valence-corrected chi connectivity index (χ0v) is 20.3. The van der Waals surface area contributed by atoms with Gasteiger partial charge in [-0.2, -0.15) is 4.31 Å². The highest BCUT2D eigenvalue weighted by molar-refractivity contribution is 9.10. The van der Waals surface area contributed by atoms with Gasteiger partial charge in [-0.05, 0) is 48.6 Å². The first-order chi connectivity index (χ1) is 14.9. The van der Waals surface area contributed by atoms with E-state index in [-0.39, 0.29) is 28.3 Å². The van der Waals surface area contributed by atoms with E-state index in [2.05, 4.69) is 21.2 Å². The van der Waals surface area contributed by atoms with Crippen LogP contribution in [-0.4, -0.2) is 31.7 Å². The Labute approximate surface area is 197 Å². The quantitative estimate of drug-likeness (QED) is 0.591. The third-order valence-corrected chi connectivity index (χ3v) is 9.17. The van der Waals surface area contributed by atoms with Crippen LogP contribution in [-0.2, 0) is 21.2 Å². The number of hydrogen-bond donors (Lipinski definition) is 1. The van der Waals surface area contributed by atoms with Crippen LogP contribution in [0.4, 0.5) is 0 Å². The number of rotatable bonds is 5. The second kappa shape index (κ2) is 9.61. The Balaban J connectivity index is 1.63. The molecule has 1 aliphatic carbocycles. The highest BCUT2D eigenvalue weighted by atomic mass is 79.9. The summed E-state index contributed by atoms with van der Waals surface area (Å²) in [6, 6.07) is 12.2. The summed E-state index contributed by atoms with van der Waals surface area (Å²) in [5, 5.41) is 3.23. The average Bonchev–Trinajstić information content (AvgIpc) is 2.77. The highest BCUT2D eigenvalue weighted by Crippen LogP contribution is 2.36. The van der Waals surface area contributed by atoms with Gasteiger partial charge in [0.15, 0.2) is 0 Å². The van der Waals surface area contributed by atoms with Crippen LogP contribution in [0.3, 0.4) is 0 Å². The Morgan fingerprint density at radius 1 is 1.13 bits per heavy atom. The van der Waals surface area contributed by atoms with E-state index in [9.17, 15) is 13.2 Å². The third-order valence-electron chi connectivity index (χ3n) is 6.29. The molecule has 31 heavy (non-hydrogen) atoms. The number of nitrogens with one attached hydrogen (secondary N) is 1. The Morgan fingerprint density at radius 3 is 2.61 bits per heavy atom. The van der Waals surface area contributed by atoms with Gasteiger partial charge in [-0.15, -0.1) is 0 Å². The third kappa shape index (κ3) is 4.85. The molecule has 1 atom stereocenters. The Bertz CT molecular complexity index is 1070. The smallest absolute Gasteiger partial charge is 0.245 e. The van der Waals surface area contributed by atoms with Crippen LogP contribution in [0.5, 0.6) is 0 Å². The molecule has 1 unspecified atom stereocenters. The average molecular weight is 526 g/mol. The topological polar surface area (TPSA) is 66.5 Å². The van der Waals surface area contributed by atoms with E-state index >= 15 is 0 Å². The van der Waals surface area contributed by atoms with Crippen molar-refractivity contribution in [1.82, 2.24) is 9.62 Å². The Hall–Kier alpha value is -1.41. The Kier molecular flexibility index (Phi) is 7.06. The molecule has 1 saturated carbocycles. The van der Waals surface area contributed by atoms with E-state index in [1.165, 1.54) is 16.8 Å². The molecule has 2 aliphatic rings. The van der Waals surface area contributed by atoms with Crippen molar-refractivity contribution >= 4 is 43.5 Å². The molecular weight excluding hydrogens is 500 g/mol. The van der Waals surface area contributed by atoms with Crippen molar-refractivity contribution in [1.29, 1.82) is 0 Å². The molecule has 1 fully saturated rings. The van der Waals surface area contributed by atoms with Gasteiger partial charge in [0, 0.05) is 23.5 Å². The molecule has 4 rings (SSSR count). The maximum absolute atomic E-state index is 13.6. The van der Waals surface area contributed by atoms with E-state index in [0.29, 0.717) is 13.0 Å². The number of carbonyl (C=O) groups excluding carboxylic acids is 1. The lowest BCUT2D eigenvalue weighted by molar-refractivity contribution is -0.126. The summed E-state index contributed by atoms with van der Waals surface area (Å²) in [5.41, 5.74) is 2.06. The van der Waals surface area contributed by atoms with Gasteiger partial charge in [-0.1, -0.05) is 71.1 Å². The molecule has 8 heteroatoms. The fourth-order valence-electron chi connectivity index (χ4n) is 4.65. The van der Waals surface area contributed by atoms with Crippen LogP contribution in [0, 0.1) is 5.92 Å². The van der Waals surface area contributed by atoms with Crippen LogP contribution in [0.2, 0.25) is 5.02 Å². The van der Waals surface area contributed by atoms with Crippen LogP contribution < -0.4 is 5.32 Å². The van der Waals surface area contributed by atoms with Gasteiger partial charge in [0.1, 0.15) is 4.90 Å². The van der Waals surface area contributed by atoms with Gasteiger partial charge in [-0.25, -0.2) is 8.42 Å². The van der Waals surface area contributed by atoms with Crippen molar-refractivity contribution in [3.05, 3.63) is 63.1 Å². The standard InChI is InChI=1S/C23H26BrClN2O3S/c24-18-10-11-22(20(25)14-18)31(29,30)27-13-12-16-6-4-5-9-19(16)21(27)15-26-23(28)17-7-2-1-3-8-17/h4-6,9-11,14,17,21H,1-3,7-8,12-13,15H2,(H,26,28). The van der Waals surface area contributed by atoms with Crippen LogP contribution in [0.15, 0.2) is 51.8 Å². The van der Waals surface area contributed by atoms with E-state index in [0.717, 1.165) is 41.3 Å². The lowest BCUT2D eigenvalue weighted by Crippen LogP contribution is -2.46. The molecule has 166 valence electrons. The van der Waals surface area contributed by atoms with E-state index in [1.807, 2.05) is 24.3 Å². The summed E-state index contributed by atoms with van der Waals surface area (Å²) in [6.07, 6.45) is 5.77. The summed E-state index contributed by atoms with van der Waals surface area (Å²) in [6.45, 7) is 0.593. The van der Waals surface area contributed by atoms with E-state index in [4.69, 9.17) is 11.6 Å². The summed E-state index contributed by atoms with van der Waals surface area (Å²) >= 11 is 9.64. The fraction of sp³-hybridized carbons (Fsp3) is 0.435. The number of amides is 1. The molecule has 0 aromatic heterocycles. The molecule has 1 aliphatic heterocycles. The zero-order valence-electron chi connectivity index (χ0n) is 17.2. The van der Waals surface area contributed by atoms with Crippen molar-refractivity contribution in [3.63, 3.8) is 0 Å². The van der Waals surface area contributed by atoms with Crippen molar-refractivity contribution in [2.24, 2.45) is 5.92 Å². The van der Waals surface area contributed by atoms with E-state index < -0.39 is 16.1 Å². The number of carbonyl (C=O) groups is 1. The van der Waals surface area contributed by atoms with Gasteiger partial charge in [0.25, 0.3) is 0 Å². The largest absolute Gasteiger partial charge is 0.354 e. The predicted octanol–water partition coefficient (Wildman–Crippen LogP) is 5.09. The van der Waals surface area contributed by atoms with Crippen molar-refractivity contribution in [3.8, 4) is 0 Å². The second-order valence-electron chi connectivity index (χ2n) is 8.24. The number of nitrogens with zero attached hydrogens (tertiary/aromatic N) is 1. The number of halogens is 2. The normalized spacial score (nSPS) is 20.3. The monoisotopic (exact) mass is 524 g/mol. The highest BCUT2D eigenvalue weighted by Gasteiger charge is 2.37. The molecule has 2 aromatic carbocycles. The second-order valence-corrected chi connectivity index (χ2v) is 11.4. The molecule has 0 saturated heterocycles. The first-order valence-corrected chi connectivity index (χ1v) is 13.3. The minimum absolute atomic E-state index is 0.0264. The van der Waals surface area contributed by atoms with Crippen LogP contribution in [0.25, 0.3) is 0 Å². The maximum atomic E-state index is 13.6. The number of hydrogen-bond acceptors (Lipinski definition) is 3. The van der Waals surface area contributed by atoms with Gasteiger partial charge in [0.05, 0.1) is 11.1 Å². The molecule has 5 nitrogen and oxygen atoms in total. The fourth-order valence-corrected chi connectivity index (χ4v) is 7.26. The molecule has 2 aromatic rings. The minimum Gasteiger partial charge on any atom is -0.354 e. The summed E-state index contributed by atoms with van der Waals surface area (Å²) in [7, 11) is -3.84. The first kappa shape index (κ1) is 22.8. The summed E-state index contributed by atoms with van der Waals surface area (Å²) < 4.78 is 29.4. The molecule has 0 spiro atoms. The zero-order chi connectivity index (χ0) is 22.0. The number of fused-ring (bicyclic) bond motifs is 1. The number of sulfonamides is 1. The SMILES string of the molecule is O=C(NCC1c2ccccc2CCN1S(=O)(=O)c1ccc(Br)cc1Cl)C1CCCCC1. The molecule has 0 radical (unpaired) electrons. The van der Waals surface area contributed by atoms with Gasteiger partial charge in [-0.3, -0.25) is 4.79 Å². The summed E-state index contributed by atoms with van der Waals surface area (Å²) in [5.74, 6) is 0.0559. The van der Waals surface area contributed by atoms with Gasteiger partial charge in [0.2, 0.25) is 15.9 Å². The predicted molar refractivity (Wildman–Crippen MR) is 126 cm³/mol. The van der Waals surface area contributed by atoms with Crippen LogP contribution >= 0.6 is 27.5 Å². The van der Waals surface area contributed by atoms with Gasteiger partial charge >= 0.3 is 0 Å². The maximum Gasteiger partial charge on any atom is 0.245 e. The minimum atomic E-state index is -3.84. The lowest BCUT2D eigenvalue weighted by atomic mass is 9.88. The molecule has 0 bridgehead atoms. The first-order valence-electron chi connectivity index (χ1n) is 10.7. The molecule has 1 amide bonds. The molecule has 1 heterocycles. The van der Waals surface area contributed by atoms with Crippen molar-refractivity contribution < 1.29 is 13.2 Å². The molecular formula is C23H26BrClN2O3S. The summed E-state index contributed by atoms with van der Waals surface area (Å²) in [4.78, 5) is 12.8. The van der Waals surface area contributed by atoms with Crippen LogP contribution in [0.1, 0.15) is 49.3 Å². The Morgan fingerprint density at radius 2 is 1.87 bits per heavy atom. The van der Waals surface area contributed by atoms with E-state index in [1.54, 1.807) is 12.1 Å². The van der Waals surface area contributed by atoms with Crippen molar-refractivity contribution in [2.75, 3.05) is 13.1 Å². The van der Waals surface area contributed by atoms with Gasteiger partial charge < -0.3 is 5.32 Å². The lowest BCUT2D eigenvalue weighted by Gasteiger charge is -2.37. The van der Waals surface area contributed by atoms with Crippen molar-refractivity contribution in [2.45, 2.75) is 49.5 Å².